The van der Waals surface area contributed by atoms with Crippen LogP contribution in [0, 0.1) is 6.92 Å². The van der Waals surface area contributed by atoms with Crippen LogP contribution in [-0.2, 0) is 0 Å². The number of hydrogen-bond donors (Lipinski definition) is 2. The number of nitrogens with zero attached hydrogens (tertiary/aromatic N) is 2. The van der Waals surface area contributed by atoms with E-state index < -0.39 is 13.0 Å². The number of alkyl halides is 2. The predicted octanol–water partition coefficient (Wildman–Crippen LogP) is 2.83. The van der Waals surface area contributed by atoms with Gasteiger partial charge in [0.2, 0.25) is 0 Å². The second kappa shape index (κ2) is 4.92. The van der Waals surface area contributed by atoms with E-state index in [-0.39, 0.29) is 0 Å². The molecule has 2 aromatic rings. The van der Waals surface area contributed by atoms with Gasteiger partial charge in [0.25, 0.3) is 6.43 Å². The van der Waals surface area contributed by atoms with Crippen LogP contribution in [0.25, 0.3) is 11.3 Å². The first-order valence-electron chi connectivity index (χ1n) is 4.77. The fraction of sp³-hybridized carbons (Fsp3) is 0.333. The quantitative estimate of drug-likeness (QED) is 0.901. The Labute approximate surface area is 105 Å². The first-order chi connectivity index (χ1) is 8.08. The van der Waals surface area contributed by atoms with Gasteiger partial charge >= 0.3 is 0 Å². The van der Waals surface area contributed by atoms with Gasteiger partial charge in [-0.05, 0) is 18.5 Å². The van der Waals surface area contributed by atoms with Gasteiger partial charge < -0.3 is 11.1 Å². The van der Waals surface area contributed by atoms with E-state index in [9.17, 15) is 8.78 Å². The molecule has 92 valence electrons. The minimum atomic E-state index is -2.41. The Kier molecular flexibility index (Phi) is 3.53. The molecule has 0 bridgehead atoms. The van der Waals surface area contributed by atoms with E-state index in [1.807, 2.05) is 12.3 Å². The van der Waals surface area contributed by atoms with Crippen LogP contribution in [0.3, 0.4) is 0 Å². The number of hydrogen-bond acceptors (Lipinski definition) is 6. The van der Waals surface area contributed by atoms with E-state index in [2.05, 4.69) is 14.7 Å². The Hall–Kier alpha value is -1.28. The summed E-state index contributed by atoms with van der Waals surface area (Å²) in [6.45, 7) is 1.45. The fourth-order valence-electron chi connectivity index (χ4n) is 1.32. The number of aryl methyl sites for hydroxylation is 1. The predicted molar refractivity (Wildman–Crippen MR) is 66.9 cm³/mol. The maximum Gasteiger partial charge on any atom is 0.255 e. The average Bonchev–Trinajstić information content (AvgIpc) is 2.82. The molecule has 0 radical (unpaired) electrons. The number of nitrogens with one attached hydrogen (secondary N) is 1. The van der Waals surface area contributed by atoms with Crippen LogP contribution in [0.4, 0.5) is 19.6 Å². The van der Waals surface area contributed by atoms with E-state index in [1.54, 1.807) is 0 Å². The Morgan fingerprint density at radius 2 is 2.29 bits per heavy atom. The molecule has 2 aromatic heterocycles. The lowest BCUT2D eigenvalue weighted by atomic mass is 10.2. The van der Waals surface area contributed by atoms with Crippen molar-refractivity contribution in [1.29, 1.82) is 0 Å². The van der Waals surface area contributed by atoms with E-state index in [0.29, 0.717) is 22.1 Å². The van der Waals surface area contributed by atoms with Gasteiger partial charge in [0.15, 0.2) is 0 Å². The summed E-state index contributed by atoms with van der Waals surface area (Å²) < 4.78 is 28.2. The highest BCUT2D eigenvalue weighted by molar-refractivity contribution is 7.11. The highest BCUT2D eigenvalue weighted by Crippen LogP contribution is 2.37. The molecule has 0 aliphatic rings. The summed E-state index contributed by atoms with van der Waals surface area (Å²) >= 11 is 2.55. The maximum absolute atomic E-state index is 12.1. The van der Waals surface area contributed by atoms with Crippen molar-refractivity contribution in [3.63, 3.8) is 0 Å². The molecule has 17 heavy (non-hydrogen) atoms. The highest BCUT2D eigenvalue weighted by Gasteiger charge is 2.16. The van der Waals surface area contributed by atoms with Gasteiger partial charge in [0, 0.05) is 5.38 Å². The molecule has 0 unspecified atom stereocenters. The van der Waals surface area contributed by atoms with Crippen LogP contribution in [0.1, 0.15) is 5.01 Å². The summed E-state index contributed by atoms with van der Waals surface area (Å²) in [5, 5.41) is 5.90. The molecular formula is C9H10F2N4S2. The van der Waals surface area contributed by atoms with Crippen LogP contribution in [0.15, 0.2) is 5.38 Å². The minimum absolute atomic E-state index is 0.317. The summed E-state index contributed by atoms with van der Waals surface area (Å²) in [6.07, 6.45) is -2.41. The number of anilines is 2. The third kappa shape index (κ3) is 2.70. The SMILES string of the molecule is Cc1nc(-c2c(N)nsc2NCC(F)F)cs1. The molecule has 3 N–H and O–H groups in total. The van der Waals surface area contributed by atoms with Crippen molar-refractivity contribution in [3.05, 3.63) is 10.4 Å². The summed E-state index contributed by atoms with van der Waals surface area (Å²) in [7, 11) is 0. The topological polar surface area (TPSA) is 63.8 Å². The molecule has 8 heteroatoms. The van der Waals surface area contributed by atoms with Gasteiger partial charge in [0.05, 0.1) is 22.8 Å². The van der Waals surface area contributed by atoms with Crippen LogP contribution < -0.4 is 11.1 Å². The number of thiazole rings is 1. The fourth-order valence-corrected chi connectivity index (χ4v) is 2.65. The smallest absolute Gasteiger partial charge is 0.255 e. The zero-order chi connectivity index (χ0) is 12.4. The Balaban J connectivity index is 2.29. The number of halogens is 2. The van der Waals surface area contributed by atoms with E-state index in [4.69, 9.17) is 5.73 Å². The molecule has 4 nitrogen and oxygen atoms in total. The molecule has 0 saturated heterocycles. The second-order valence-electron chi connectivity index (χ2n) is 3.30. The molecule has 0 fully saturated rings. The van der Waals surface area contributed by atoms with Gasteiger partial charge in [0.1, 0.15) is 10.8 Å². The van der Waals surface area contributed by atoms with Crippen LogP contribution in [0.5, 0.6) is 0 Å². The summed E-state index contributed by atoms with van der Waals surface area (Å²) in [5.74, 6) is 0.317. The Morgan fingerprint density at radius 1 is 1.53 bits per heavy atom. The highest BCUT2D eigenvalue weighted by atomic mass is 32.1. The molecule has 0 amide bonds. The molecule has 0 spiro atoms. The van der Waals surface area contributed by atoms with Gasteiger partial charge in [-0.15, -0.1) is 11.3 Å². The van der Waals surface area contributed by atoms with Gasteiger partial charge in [-0.2, -0.15) is 4.37 Å². The van der Waals surface area contributed by atoms with Crippen LogP contribution in [-0.4, -0.2) is 22.3 Å². The van der Waals surface area contributed by atoms with Gasteiger partial charge in [-0.1, -0.05) is 0 Å². The summed E-state index contributed by atoms with van der Waals surface area (Å²) in [4.78, 5) is 4.28. The number of aromatic nitrogens is 2. The van der Waals surface area contributed by atoms with Crippen molar-refractivity contribution in [1.82, 2.24) is 9.36 Å². The van der Waals surface area contributed by atoms with Crippen molar-refractivity contribution in [2.45, 2.75) is 13.3 Å². The normalized spacial score (nSPS) is 11.1. The molecule has 2 rings (SSSR count). The van der Waals surface area contributed by atoms with Crippen LogP contribution in [0.2, 0.25) is 0 Å². The van der Waals surface area contributed by atoms with Crippen molar-refractivity contribution < 1.29 is 8.78 Å². The van der Waals surface area contributed by atoms with Crippen molar-refractivity contribution in [3.8, 4) is 11.3 Å². The van der Waals surface area contributed by atoms with Gasteiger partial charge in [-0.3, -0.25) is 0 Å². The van der Waals surface area contributed by atoms with E-state index >= 15 is 0 Å². The zero-order valence-corrected chi connectivity index (χ0v) is 10.5. The third-order valence-electron chi connectivity index (χ3n) is 2.01. The molecule has 2 heterocycles. The first-order valence-corrected chi connectivity index (χ1v) is 6.43. The van der Waals surface area contributed by atoms with E-state index in [0.717, 1.165) is 16.5 Å². The van der Waals surface area contributed by atoms with Gasteiger partial charge in [-0.25, -0.2) is 13.8 Å². The summed E-state index contributed by atoms with van der Waals surface area (Å²) in [6, 6.07) is 0. The molecule has 0 saturated carbocycles. The van der Waals surface area contributed by atoms with E-state index in [1.165, 1.54) is 11.3 Å². The Bertz CT molecular complexity index is 509. The lowest BCUT2D eigenvalue weighted by Gasteiger charge is -2.04. The first kappa shape index (κ1) is 12.2. The third-order valence-corrected chi connectivity index (χ3v) is 3.60. The number of nitrogen functional groups attached to an aromatic ring is 1. The average molecular weight is 276 g/mol. The second-order valence-corrected chi connectivity index (χ2v) is 5.13. The Morgan fingerprint density at radius 3 is 2.88 bits per heavy atom. The molecule has 0 aliphatic heterocycles. The zero-order valence-electron chi connectivity index (χ0n) is 8.91. The molecule has 0 aromatic carbocycles. The molecular weight excluding hydrogens is 266 g/mol. The largest absolute Gasteiger partial charge is 0.382 e. The van der Waals surface area contributed by atoms with Crippen molar-refractivity contribution in [2.75, 3.05) is 17.6 Å². The molecule has 0 aliphatic carbocycles. The maximum atomic E-state index is 12.1. The number of nitrogens with two attached hydrogens (primary N) is 1. The lowest BCUT2D eigenvalue weighted by Crippen LogP contribution is -2.09. The van der Waals surface area contributed by atoms with Crippen molar-refractivity contribution in [2.24, 2.45) is 0 Å². The number of rotatable bonds is 4. The standard InChI is InChI=1S/C9H10F2N4S2/c1-4-14-5(3-16-4)7-8(12)15-17-9(7)13-2-6(10)11/h3,6,13H,2H2,1H3,(H2,12,15). The monoisotopic (exact) mass is 276 g/mol. The minimum Gasteiger partial charge on any atom is -0.382 e. The van der Waals surface area contributed by atoms with Crippen LogP contribution >= 0.6 is 22.9 Å². The summed E-state index contributed by atoms with van der Waals surface area (Å²) in [5.41, 5.74) is 7.01. The van der Waals surface area contributed by atoms with Crippen molar-refractivity contribution >= 4 is 33.7 Å². The lowest BCUT2D eigenvalue weighted by molar-refractivity contribution is 0.163. The molecule has 0 atom stereocenters.